The van der Waals surface area contributed by atoms with E-state index >= 15 is 0 Å². The van der Waals surface area contributed by atoms with Gasteiger partial charge in [-0.1, -0.05) is 35.7 Å². The first kappa shape index (κ1) is 13.1. The number of alkyl halides is 1. The Labute approximate surface area is 113 Å². The Balaban J connectivity index is 1.96. The van der Waals surface area contributed by atoms with Crippen LogP contribution in [-0.2, 0) is 6.42 Å². The predicted molar refractivity (Wildman–Crippen MR) is 75.6 cm³/mol. The summed E-state index contributed by atoms with van der Waals surface area (Å²) in [6.07, 6.45) is 9.87. The minimum atomic E-state index is 0.523. The van der Waals surface area contributed by atoms with Gasteiger partial charge >= 0.3 is 0 Å². The molecule has 1 aliphatic rings. The maximum Gasteiger partial charge on any atom is 0.0627 e. The third-order valence-electron chi connectivity index (χ3n) is 3.99. The van der Waals surface area contributed by atoms with Crippen molar-refractivity contribution in [3.63, 3.8) is 0 Å². The zero-order valence-electron chi connectivity index (χ0n) is 10.9. The number of halogens is 1. The van der Waals surface area contributed by atoms with Crippen LogP contribution in [0.2, 0.25) is 0 Å². The second-order valence-electron chi connectivity index (χ2n) is 5.31. The van der Waals surface area contributed by atoms with Crippen LogP contribution >= 0.6 is 15.9 Å². The van der Waals surface area contributed by atoms with E-state index in [1.165, 1.54) is 31.4 Å². The molecule has 0 saturated heterocycles. The third-order valence-corrected chi connectivity index (χ3v) is 5.20. The zero-order chi connectivity index (χ0) is 12.3. The fourth-order valence-corrected chi connectivity index (χ4v) is 3.35. The molecule has 0 N–H and O–H groups in total. The largest absolute Gasteiger partial charge is 0.270 e. The molecular formula is C14H23BrN2. The van der Waals surface area contributed by atoms with Crippen LogP contribution in [0.25, 0.3) is 0 Å². The van der Waals surface area contributed by atoms with Gasteiger partial charge in [0, 0.05) is 17.1 Å². The lowest BCUT2D eigenvalue weighted by Gasteiger charge is -2.26. The van der Waals surface area contributed by atoms with Gasteiger partial charge in [0.25, 0.3) is 0 Å². The smallest absolute Gasteiger partial charge is 0.0627 e. The monoisotopic (exact) mass is 298 g/mol. The van der Waals surface area contributed by atoms with Crippen molar-refractivity contribution in [2.45, 2.75) is 63.2 Å². The predicted octanol–water partition coefficient (Wildman–Crippen LogP) is 4.35. The van der Waals surface area contributed by atoms with E-state index in [-0.39, 0.29) is 0 Å². The molecule has 1 heterocycles. The average Bonchev–Trinajstić information content (AvgIpc) is 2.80. The molecular weight excluding hydrogens is 276 g/mol. The van der Waals surface area contributed by atoms with Gasteiger partial charge in [-0.2, -0.15) is 5.10 Å². The highest BCUT2D eigenvalue weighted by atomic mass is 79.9. The molecule has 3 unspecified atom stereocenters. The van der Waals surface area contributed by atoms with Crippen molar-refractivity contribution in [1.29, 1.82) is 0 Å². The highest BCUT2D eigenvalue weighted by Crippen LogP contribution is 2.32. The fourth-order valence-electron chi connectivity index (χ4n) is 2.58. The lowest BCUT2D eigenvalue weighted by molar-refractivity contribution is 0.368. The lowest BCUT2D eigenvalue weighted by Crippen LogP contribution is -2.21. The molecule has 17 heavy (non-hydrogen) atoms. The number of hydrogen-bond donors (Lipinski definition) is 0. The first-order chi connectivity index (χ1) is 8.20. The van der Waals surface area contributed by atoms with Crippen molar-refractivity contribution in [1.82, 2.24) is 9.78 Å². The van der Waals surface area contributed by atoms with Crippen LogP contribution in [0.4, 0.5) is 0 Å². The topological polar surface area (TPSA) is 17.8 Å². The molecule has 3 heteroatoms. The highest BCUT2D eigenvalue weighted by Gasteiger charge is 2.23. The van der Waals surface area contributed by atoms with Crippen LogP contribution in [0.1, 0.15) is 57.7 Å². The molecule has 0 aromatic carbocycles. The number of rotatable bonds is 4. The van der Waals surface area contributed by atoms with Crippen LogP contribution in [0.3, 0.4) is 0 Å². The van der Waals surface area contributed by atoms with E-state index in [1.807, 2.05) is 0 Å². The number of nitrogens with zero attached hydrogens (tertiary/aromatic N) is 2. The standard InChI is InChI=1S/C14H23BrN2/c1-3-11(2)17-9-8-13(16-17)10-12-6-4-5-7-14(12)15/h8-9,11-12,14H,3-7,10H2,1-2H3. The molecule has 1 fully saturated rings. The van der Waals surface area contributed by atoms with Crippen LogP contribution in [0, 0.1) is 5.92 Å². The molecule has 96 valence electrons. The molecule has 0 bridgehead atoms. The summed E-state index contributed by atoms with van der Waals surface area (Å²) in [6.45, 7) is 4.44. The summed E-state index contributed by atoms with van der Waals surface area (Å²) in [5.74, 6) is 0.782. The van der Waals surface area contributed by atoms with Crippen LogP contribution in [0.15, 0.2) is 12.3 Å². The first-order valence-electron chi connectivity index (χ1n) is 6.88. The quantitative estimate of drug-likeness (QED) is 0.756. The Morgan fingerprint density at radius 3 is 2.94 bits per heavy atom. The second kappa shape index (κ2) is 6.03. The lowest BCUT2D eigenvalue weighted by atomic mass is 9.86. The van der Waals surface area contributed by atoms with Gasteiger partial charge < -0.3 is 0 Å². The van der Waals surface area contributed by atoms with Gasteiger partial charge in [0.1, 0.15) is 0 Å². The summed E-state index contributed by atoms with van der Waals surface area (Å²) < 4.78 is 2.11. The zero-order valence-corrected chi connectivity index (χ0v) is 12.5. The second-order valence-corrected chi connectivity index (χ2v) is 6.49. The van der Waals surface area contributed by atoms with E-state index in [1.54, 1.807) is 0 Å². The fraction of sp³-hybridized carbons (Fsp3) is 0.786. The van der Waals surface area contributed by atoms with Crippen molar-refractivity contribution < 1.29 is 0 Å². The molecule has 0 radical (unpaired) electrons. The molecule has 2 nitrogen and oxygen atoms in total. The van der Waals surface area contributed by atoms with Gasteiger partial charge in [-0.15, -0.1) is 0 Å². The van der Waals surface area contributed by atoms with Gasteiger partial charge in [-0.3, -0.25) is 4.68 Å². The molecule has 0 spiro atoms. The Hall–Kier alpha value is -0.310. The first-order valence-corrected chi connectivity index (χ1v) is 7.80. The molecule has 1 aromatic heterocycles. The summed E-state index contributed by atoms with van der Waals surface area (Å²) in [5.41, 5.74) is 1.27. The minimum absolute atomic E-state index is 0.523. The van der Waals surface area contributed by atoms with E-state index < -0.39 is 0 Å². The molecule has 1 saturated carbocycles. The summed E-state index contributed by atoms with van der Waals surface area (Å²) in [5, 5.41) is 4.71. The summed E-state index contributed by atoms with van der Waals surface area (Å²) in [4.78, 5) is 0.699. The summed E-state index contributed by atoms with van der Waals surface area (Å²) >= 11 is 3.83. The van der Waals surface area contributed by atoms with Gasteiger partial charge in [0.05, 0.1) is 5.69 Å². The Bertz CT molecular complexity index is 348. The van der Waals surface area contributed by atoms with E-state index in [0.29, 0.717) is 10.9 Å². The SMILES string of the molecule is CCC(C)n1ccc(CC2CCCCC2Br)n1. The molecule has 1 aliphatic carbocycles. The number of hydrogen-bond acceptors (Lipinski definition) is 1. The van der Waals surface area contributed by atoms with Crippen molar-refractivity contribution >= 4 is 15.9 Å². The van der Waals surface area contributed by atoms with Crippen LogP contribution in [-0.4, -0.2) is 14.6 Å². The van der Waals surface area contributed by atoms with Gasteiger partial charge in [-0.25, -0.2) is 0 Å². The Morgan fingerprint density at radius 2 is 2.24 bits per heavy atom. The van der Waals surface area contributed by atoms with Crippen LogP contribution < -0.4 is 0 Å². The van der Waals surface area contributed by atoms with Crippen molar-refractivity contribution in [3.8, 4) is 0 Å². The molecule has 0 amide bonds. The van der Waals surface area contributed by atoms with Gasteiger partial charge in [0.2, 0.25) is 0 Å². The Kier molecular flexibility index (Phi) is 4.66. The maximum atomic E-state index is 4.71. The summed E-state index contributed by atoms with van der Waals surface area (Å²) in [7, 11) is 0. The average molecular weight is 299 g/mol. The summed E-state index contributed by atoms with van der Waals surface area (Å²) in [6, 6.07) is 2.72. The normalized spacial score (nSPS) is 27.0. The van der Waals surface area contributed by atoms with E-state index in [2.05, 4.69) is 46.7 Å². The highest BCUT2D eigenvalue weighted by molar-refractivity contribution is 9.09. The minimum Gasteiger partial charge on any atom is -0.270 e. The van der Waals surface area contributed by atoms with Crippen molar-refractivity contribution in [2.75, 3.05) is 0 Å². The van der Waals surface area contributed by atoms with Gasteiger partial charge in [-0.05, 0) is 44.6 Å². The third kappa shape index (κ3) is 3.34. The van der Waals surface area contributed by atoms with E-state index in [9.17, 15) is 0 Å². The Morgan fingerprint density at radius 1 is 1.47 bits per heavy atom. The van der Waals surface area contributed by atoms with E-state index in [0.717, 1.165) is 18.8 Å². The molecule has 2 rings (SSSR count). The van der Waals surface area contributed by atoms with Crippen molar-refractivity contribution in [2.24, 2.45) is 5.92 Å². The van der Waals surface area contributed by atoms with Gasteiger partial charge in [0.15, 0.2) is 0 Å². The van der Waals surface area contributed by atoms with Crippen LogP contribution in [0.5, 0.6) is 0 Å². The molecule has 1 aromatic rings. The maximum absolute atomic E-state index is 4.71. The number of aromatic nitrogens is 2. The van der Waals surface area contributed by atoms with E-state index in [4.69, 9.17) is 5.10 Å². The molecule has 0 aliphatic heterocycles. The molecule has 3 atom stereocenters. The van der Waals surface area contributed by atoms with Crippen molar-refractivity contribution in [3.05, 3.63) is 18.0 Å².